The SMILES string of the molecule is CC(C)(C)OC(=O)c1ccc(-c2ccc(Br)cc2)nc1Cc1ccccc1. The fourth-order valence-corrected chi connectivity index (χ4v) is 2.99. The van der Waals surface area contributed by atoms with Crippen molar-refractivity contribution in [3.8, 4) is 11.3 Å². The molecule has 3 rings (SSSR count). The highest BCUT2D eigenvalue weighted by atomic mass is 79.9. The first-order valence-corrected chi connectivity index (χ1v) is 9.64. The molecule has 0 amide bonds. The van der Waals surface area contributed by atoms with E-state index in [0.29, 0.717) is 12.0 Å². The molecule has 1 aromatic heterocycles. The minimum atomic E-state index is -0.550. The normalized spacial score (nSPS) is 11.3. The lowest BCUT2D eigenvalue weighted by Crippen LogP contribution is -2.25. The van der Waals surface area contributed by atoms with Crippen LogP contribution in [-0.2, 0) is 11.2 Å². The van der Waals surface area contributed by atoms with Gasteiger partial charge in [-0.15, -0.1) is 0 Å². The molecule has 1 heterocycles. The third-order valence-corrected chi connectivity index (χ3v) is 4.48. The van der Waals surface area contributed by atoms with Crippen molar-refractivity contribution in [3.05, 3.63) is 88.0 Å². The predicted molar refractivity (Wildman–Crippen MR) is 112 cm³/mol. The fraction of sp³-hybridized carbons (Fsp3) is 0.217. The number of pyridine rings is 1. The number of ether oxygens (including phenoxy) is 1. The summed E-state index contributed by atoms with van der Waals surface area (Å²) < 4.78 is 6.59. The van der Waals surface area contributed by atoms with Crippen LogP contribution in [0.2, 0.25) is 0 Å². The van der Waals surface area contributed by atoms with Gasteiger partial charge < -0.3 is 4.74 Å². The molecule has 0 bridgehead atoms. The lowest BCUT2D eigenvalue weighted by atomic mass is 10.0. The quantitative estimate of drug-likeness (QED) is 0.478. The van der Waals surface area contributed by atoms with Crippen LogP contribution in [0, 0.1) is 0 Å². The molecule has 0 N–H and O–H groups in total. The van der Waals surface area contributed by atoms with Crippen molar-refractivity contribution in [2.45, 2.75) is 32.8 Å². The smallest absolute Gasteiger partial charge is 0.340 e. The first-order chi connectivity index (χ1) is 12.8. The van der Waals surface area contributed by atoms with Crippen molar-refractivity contribution in [2.24, 2.45) is 0 Å². The topological polar surface area (TPSA) is 39.2 Å². The van der Waals surface area contributed by atoms with Crippen LogP contribution >= 0.6 is 15.9 Å². The zero-order chi connectivity index (χ0) is 19.4. The lowest BCUT2D eigenvalue weighted by molar-refractivity contribution is 0.00680. The van der Waals surface area contributed by atoms with E-state index in [1.54, 1.807) is 0 Å². The summed E-state index contributed by atoms with van der Waals surface area (Å²) >= 11 is 3.45. The van der Waals surface area contributed by atoms with E-state index in [-0.39, 0.29) is 5.97 Å². The summed E-state index contributed by atoms with van der Waals surface area (Å²) in [7, 11) is 0. The Labute approximate surface area is 168 Å². The van der Waals surface area contributed by atoms with Gasteiger partial charge in [0.1, 0.15) is 5.60 Å². The van der Waals surface area contributed by atoms with E-state index in [2.05, 4.69) is 15.9 Å². The highest BCUT2D eigenvalue weighted by Crippen LogP contribution is 2.24. The third-order valence-electron chi connectivity index (χ3n) is 3.95. The second-order valence-electron chi connectivity index (χ2n) is 7.36. The molecule has 0 atom stereocenters. The first kappa shape index (κ1) is 19.3. The molecule has 138 valence electrons. The molecular weight excluding hydrogens is 402 g/mol. The molecule has 2 aromatic carbocycles. The van der Waals surface area contributed by atoms with Crippen molar-refractivity contribution in [2.75, 3.05) is 0 Å². The van der Waals surface area contributed by atoms with Gasteiger partial charge in [0, 0.05) is 16.5 Å². The number of hydrogen-bond acceptors (Lipinski definition) is 3. The van der Waals surface area contributed by atoms with Gasteiger partial charge in [0.2, 0.25) is 0 Å². The van der Waals surface area contributed by atoms with Crippen LogP contribution in [-0.4, -0.2) is 16.6 Å². The van der Waals surface area contributed by atoms with Crippen molar-refractivity contribution in [1.29, 1.82) is 0 Å². The molecule has 0 unspecified atom stereocenters. The van der Waals surface area contributed by atoms with Crippen LogP contribution in [0.5, 0.6) is 0 Å². The van der Waals surface area contributed by atoms with Gasteiger partial charge in [-0.05, 0) is 50.6 Å². The third kappa shape index (κ3) is 5.27. The van der Waals surface area contributed by atoms with E-state index in [9.17, 15) is 4.79 Å². The summed E-state index contributed by atoms with van der Waals surface area (Å²) in [4.78, 5) is 17.5. The highest BCUT2D eigenvalue weighted by molar-refractivity contribution is 9.10. The predicted octanol–water partition coefficient (Wildman–Crippen LogP) is 6.06. The van der Waals surface area contributed by atoms with Gasteiger partial charge in [-0.25, -0.2) is 4.79 Å². The van der Waals surface area contributed by atoms with Gasteiger partial charge in [-0.2, -0.15) is 0 Å². The summed E-state index contributed by atoms with van der Waals surface area (Å²) in [6.07, 6.45) is 0.569. The Balaban J connectivity index is 2.01. The Morgan fingerprint density at radius 3 is 2.26 bits per heavy atom. The van der Waals surface area contributed by atoms with Crippen LogP contribution in [0.1, 0.15) is 42.4 Å². The molecule has 0 saturated heterocycles. The maximum Gasteiger partial charge on any atom is 0.340 e. The van der Waals surface area contributed by atoms with Crippen LogP contribution in [0.25, 0.3) is 11.3 Å². The summed E-state index contributed by atoms with van der Waals surface area (Å²) in [6, 6.07) is 21.7. The molecule has 0 fully saturated rings. The second-order valence-corrected chi connectivity index (χ2v) is 8.28. The Morgan fingerprint density at radius 1 is 0.963 bits per heavy atom. The van der Waals surface area contributed by atoms with E-state index in [1.807, 2.05) is 87.5 Å². The van der Waals surface area contributed by atoms with Crippen molar-refractivity contribution < 1.29 is 9.53 Å². The highest BCUT2D eigenvalue weighted by Gasteiger charge is 2.21. The van der Waals surface area contributed by atoms with Crippen LogP contribution < -0.4 is 0 Å². The molecular formula is C23H22BrNO2. The van der Waals surface area contributed by atoms with Crippen LogP contribution in [0.15, 0.2) is 71.2 Å². The summed E-state index contributed by atoms with van der Waals surface area (Å²) in [5.74, 6) is -0.344. The Morgan fingerprint density at radius 2 is 1.63 bits per heavy atom. The standard InChI is InChI=1S/C23H22BrNO2/c1-23(2,3)27-22(26)19-13-14-20(17-9-11-18(24)12-10-17)25-21(19)15-16-7-5-4-6-8-16/h4-14H,15H2,1-3H3. The number of hydrogen-bond donors (Lipinski definition) is 0. The molecule has 0 aliphatic carbocycles. The van der Waals surface area contributed by atoms with Gasteiger partial charge in [0.15, 0.2) is 0 Å². The van der Waals surface area contributed by atoms with Crippen molar-refractivity contribution in [1.82, 2.24) is 4.98 Å². The second kappa shape index (κ2) is 8.05. The maximum atomic E-state index is 12.7. The van der Waals surface area contributed by atoms with E-state index < -0.39 is 5.60 Å². The average Bonchev–Trinajstić information content (AvgIpc) is 2.61. The van der Waals surface area contributed by atoms with E-state index in [1.165, 1.54) is 0 Å². The number of rotatable bonds is 4. The van der Waals surface area contributed by atoms with Gasteiger partial charge in [-0.1, -0.05) is 58.4 Å². The fourth-order valence-electron chi connectivity index (χ4n) is 2.73. The number of nitrogens with zero attached hydrogens (tertiary/aromatic N) is 1. The zero-order valence-corrected chi connectivity index (χ0v) is 17.3. The van der Waals surface area contributed by atoms with Crippen molar-refractivity contribution in [3.63, 3.8) is 0 Å². The summed E-state index contributed by atoms with van der Waals surface area (Å²) in [6.45, 7) is 5.60. The molecule has 3 nitrogen and oxygen atoms in total. The molecule has 0 aliphatic rings. The number of halogens is 1. The Bertz CT molecular complexity index is 929. The molecule has 4 heteroatoms. The number of esters is 1. The monoisotopic (exact) mass is 423 g/mol. The zero-order valence-electron chi connectivity index (χ0n) is 15.7. The first-order valence-electron chi connectivity index (χ1n) is 8.85. The molecule has 0 saturated carbocycles. The Hall–Kier alpha value is -2.46. The van der Waals surface area contributed by atoms with Gasteiger partial charge in [-0.3, -0.25) is 4.98 Å². The van der Waals surface area contributed by atoms with Crippen LogP contribution in [0.4, 0.5) is 0 Å². The summed E-state index contributed by atoms with van der Waals surface area (Å²) in [5.41, 5.74) is 3.61. The van der Waals surface area contributed by atoms with Gasteiger partial charge in [0.05, 0.1) is 17.0 Å². The maximum absolute atomic E-state index is 12.7. The van der Waals surface area contributed by atoms with E-state index in [4.69, 9.17) is 9.72 Å². The van der Waals surface area contributed by atoms with E-state index in [0.717, 1.165) is 27.0 Å². The number of benzene rings is 2. The number of carbonyl (C=O) groups excluding carboxylic acids is 1. The molecule has 27 heavy (non-hydrogen) atoms. The van der Waals surface area contributed by atoms with Gasteiger partial charge in [0.25, 0.3) is 0 Å². The molecule has 0 aliphatic heterocycles. The minimum Gasteiger partial charge on any atom is -0.456 e. The molecule has 3 aromatic rings. The van der Waals surface area contributed by atoms with E-state index >= 15 is 0 Å². The number of carbonyl (C=O) groups is 1. The van der Waals surface area contributed by atoms with Crippen LogP contribution in [0.3, 0.4) is 0 Å². The molecule has 0 radical (unpaired) electrons. The number of aromatic nitrogens is 1. The lowest BCUT2D eigenvalue weighted by Gasteiger charge is -2.20. The van der Waals surface area contributed by atoms with Crippen molar-refractivity contribution >= 4 is 21.9 Å². The largest absolute Gasteiger partial charge is 0.456 e. The minimum absolute atomic E-state index is 0.344. The Kier molecular flexibility index (Phi) is 5.76. The van der Waals surface area contributed by atoms with Gasteiger partial charge >= 0.3 is 5.97 Å². The average molecular weight is 424 g/mol. The summed E-state index contributed by atoms with van der Waals surface area (Å²) in [5, 5.41) is 0. The molecule has 0 spiro atoms.